The summed E-state index contributed by atoms with van der Waals surface area (Å²) in [4.78, 5) is 24.5. The molecule has 1 fully saturated rings. The van der Waals surface area contributed by atoms with E-state index in [0.29, 0.717) is 36.2 Å². The van der Waals surface area contributed by atoms with E-state index in [1.807, 2.05) is 24.3 Å². The van der Waals surface area contributed by atoms with Crippen LogP contribution in [0.4, 0.5) is 8.78 Å². The molecular formula is C24H21F2N3O4. The molecule has 2 aromatic heterocycles. The smallest absolute Gasteiger partial charge is 0.388 e. The first-order valence-electron chi connectivity index (χ1n) is 10.6. The van der Waals surface area contributed by atoms with Crippen molar-refractivity contribution in [2.75, 3.05) is 13.2 Å². The van der Waals surface area contributed by atoms with Gasteiger partial charge >= 0.3 is 6.61 Å². The number of nitrogens with one attached hydrogen (secondary N) is 1. The highest BCUT2D eigenvalue weighted by Gasteiger charge is 2.28. The number of hydrogen-bond acceptors (Lipinski definition) is 6. The SMILES string of the molecule is O=c1[nH]c([C@@H]2CCOC[C@@H]2O)nc2c1cc(Cc1ccnc(OC(F)F)c1)c1ccccc12. The number of aliphatic hydroxyl groups excluding tert-OH is 1. The van der Waals surface area contributed by atoms with Crippen molar-refractivity contribution in [2.45, 2.75) is 31.5 Å². The molecule has 2 N–H and O–H groups in total. The number of aromatic amines is 1. The Balaban J connectivity index is 1.62. The molecule has 0 bridgehead atoms. The number of alkyl halides is 2. The Hall–Kier alpha value is -3.43. The molecule has 7 nitrogen and oxygen atoms in total. The van der Waals surface area contributed by atoms with Gasteiger partial charge in [-0.2, -0.15) is 8.78 Å². The van der Waals surface area contributed by atoms with Gasteiger partial charge in [0.25, 0.3) is 5.56 Å². The Morgan fingerprint density at radius 3 is 2.79 bits per heavy atom. The van der Waals surface area contributed by atoms with Gasteiger partial charge in [-0.3, -0.25) is 4.79 Å². The Morgan fingerprint density at radius 2 is 2.00 bits per heavy atom. The van der Waals surface area contributed by atoms with Crippen LogP contribution < -0.4 is 10.3 Å². The third-order valence-corrected chi connectivity index (χ3v) is 5.90. The summed E-state index contributed by atoms with van der Waals surface area (Å²) in [5, 5.41) is 12.5. The highest BCUT2D eigenvalue weighted by Crippen LogP contribution is 2.30. The van der Waals surface area contributed by atoms with Gasteiger partial charge < -0.3 is 19.6 Å². The molecule has 0 saturated carbocycles. The molecule has 2 aromatic carbocycles. The lowest BCUT2D eigenvalue weighted by molar-refractivity contribution is -0.0528. The maximum absolute atomic E-state index is 13.1. The molecule has 0 aliphatic carbocycles. The molecule has 0 radical (unpaired) electrons. The summed E-state index contributed by atoms with van der Waals surface area (Å²) in [5.74, 6) is -0.0183. The summed E-state index contributed by atoms with van der Waals surface area (Å²) in [7, 11) is 0. The first kappa shape index (κ1) is 21.4. The summed E-state index contributed by atoms with van der Waals surface area (Å²) in [5.41, 5.74) is 1.83. The largest absolute Gasteiger partial charge is 0.417 e. The third-order valence-electron chi connectivity index (χ3n) is 5.90. The van der Waals surface area contributed by atoms with Gasteiger partial charge in [-0.05, 0) is 41.5 Å². The number of H-pyrrole nitrogens is 1. The van der Waals surface area contributed by atoms with E-state index in [2.05, 4.69) is 14.7 Å². The van der Waals surface area contributed by atoms with Crippen LogP contribution in [0, 0.1) is 0 Å². The number of aromatic nitrogens is 3. The Bertz CT molecular complexity index is 1380. The van der Waals surface area contributed by atoms with Gasteiger partial charge in [0.1, 0.15) is 5.82 Å². The zero-order chi connectivity index (χ0) is 22.9. The molecule has 1 aliphatic heterocycles. The summed E-state index contributed by atoms with van der Waals surface area (Å²) in [6, 6.07) is 12.6. The second-order valence-electron chi connectivity index (χ2n) is 8.02. The van der Waals surface area contributed by atoms with Gasteiger partial charge in [0.05, 0.1) is 23.6 Å². The second-order valence-corrected chi connectivity index (χ2v) is 8.02. The molecule has 4 aromatic rings. The molecule has 5 rings (SSSR count). The van der Waals surface area contributed by atoms with Crippen LogP contribution in [0.25, 0.3) is 21.7 Å². The van der Waals surface area contributed by atoms with E-state index in [1.54, 1.807) is 12.1 Å². The average molecular weight is 453 g/mol. The lowest BCUT2D eigenvalue weighted by Gasteiger charge is -2.27. The zero-order valence-electron chi connectivity index (χ0n) is 17.5. The van der Waals surface area contributed by atoms with Crippen molar-refractivity contribution >= 4 is 21.7 Å². The monoisotopic (exact) mass is 453 g/mol. The molecule has 2 atom stereocenters. The Morgan fingerprint density at radius 1 is 1.18 bits per heavy atom. The maximum atomic E-state index is 13.1. The first-order valence-corrected chi connectivity index (χ1v) is 10.6. The van der Waals surface area contributed by atoms with E-state index in [4.69, 9.17) is 9.72 Å². The van der Waals surface area contributed by atoms with Gasteiger partial charge in [0.15, 0.2) is 0 Å². The lowest BCUT2D eigenvalue weighted by atomic mass is 9.94. The van der Waals surface area contributed by atoms with E-state index >= 15 is 0 Å². The molecule has 33 heavy (non-hydrogen) atoms. The van der Waals surface area contributed by atoms with Crippen LogP contribution in [0.2, 0.25) is 0 Å². The highest BCUT2D eigenvalue weighted by atomic mass is 19.3. The van der Waals surface area contributed by atoms with Crippen LogP contribution in [0.1, 0.15) is 29.3 Å². The first-order chi connectivity index (χ1) is 16.0. The number of halogens is 2. The minimum atomic E-state index is -2.96. The number of fused-ring (bicyclic) bond motifs is 3. The molecule has 0 unspecified atom stereocenters. The van der Waals surface area contributed by atoms with Crippen molar-refractivity contribution in [1.82, 2.24) is 15.0 Å². The topological polar surface area (TPSA) is 97.3 Å². The van der Waals surface area contributed by atoms with E-state index in [1.165, 1.54) is 12.3 Å². The molecule has 0 amide bonds. The fourth-order valence-electron chi connectivity index (χ4n) is 4.36. The molecule has 1 aliphatic rings. The average Bonchev–Trinajstić information content (AvgIpc) is 2.80. The predicted molar refractivity (Wildman–Crippen MR) is 118 cm³/mol. The number of aliphatic hydroxyl groups is 1. The summed E-state index contributed by atoms with van der Waals surface area (Å²) in [6.07, 6.45) is 1.63. The Kier molecular flexibility index (Phi) is 5.74. The maximum Gasteiger partial charge on any atom is 0.388 e. The molecule has 170 valence electrons. The number of hydrogen-bond donors (Lipinski definition) is 2. The summed E-state index contributed by atoms with van der Waals surface area (Å²) >= 11 is 0. The van der Waals surface area contributed by atoms with Crippen LogP contribution >= 0.6 is 0 Å². The molecule has 9 heteroatoms. The van der Waals surface area contributed by atoms with Gasteiger partial charge in [-0.25, -0.2) is 9.97 Å². The van der Waals surface area contributed by atoms with E-state index in [-0.39, 0.29) is 24.0 Å². The van der Waals surface area contributed by atoms with Gasteiger partial charge in [-0.15, -0.1) is 0 Å². The van der Waals surface area contributed by atoms with E-state index in [0.717, 1.165) is 21.9 Å². The number of benzene rings is 2. The van der Waals surface area contributed by atoms with Crippen molar-refractivity contribution < 1.29 is 23.4 Å². The van der Waals surface area contributed by atoms with Crippen molar-refractivity contribution in [3.63, 3.8) is 0 Å². The van der Waals surface area contributed by atoms with Crippen molar-refractivity contribution in [1.29, 1.82) is 0 Å². The Labute approximate surface area is 187 Å². The van der Waals surface area contributed by atoms with Crippen LogP contribution in [0.15, 0.2) is 53.5 Å². The predicted octanol–water partition coefficient (Wildman–Crippen LogP) is 3.53. The zero-order valence-corrected chi connectivity index (χ0v) is 17.5. The van der Waals surface area contributed by atoms with Gasteiger partial charge in [-0.1, -0.05) is 24.3 Å². The number of pyridine rings is 1. The van der Waals surface area contributed by atoms with Crippen molar-refractivity contribution in [3.05, 3.63) is 76.0 Å². The summed E-state index contributed by atoms with van der Waals surface area (Å²) in [6.45, 7) is -2.26. The molecular weight excluding hydrogens is 432 g/mol. The summed E-state index contributed by atoms with van der Waals surface area (Å²) < 4.78 is 34.8. The van der Waals surface area contributed by atoms with Crippen molar-refractivity contribution in [3.8, 4) is 5.88 Å². The fraction of sp³-hybridized carbons (Fsp3) is 0.292. The number of nitrogens with zero attached hydrogens (tertiary/aromatic N) is 2. The lowest BCUT2D eigenvalue weighted by Crippen LogP contribution is -2.32. The molecule has 1 saturated heterocycles. The second kappa shape index (κ2) is 8.84. The molecule has 0 spiro atoms. The van der Waals surface area contributed by atoms with Crippen LogP contribution in [0.3, 0.4) is 0 Å². The normalized spacial score (nSPS) is 18.8. The van der Waals surface area contributed by atoms with Gasteiger partial charge in [0.2, 0.25) is 5.88 Å². The third kappa shape index (κ3) is 4.29. The van der Waals surface area contributed by atoms with E-state index in [9.17, 15) is 18.7 Å². The van der Waals surface area contributed by atoms with E-state index < -0.39 is 12.7 Å². The molecule has 3 heterocycles. The van der Waals surface area contributed by atoms with Crippen LogP contribution in [0.5, 0.6) is 5.88 Å². The van der Waals surface area contributed by atoms with Crippen LogP contribution in [-0.2, 0) is 11.2 Å². The number of ether oxygens (including phenoxy) is 2. The highest BCUT2D eigenvalue weighted by molar-refractivity contribution is 6.06. The minimum absolute atomic E-state index is 0.160. The quantitative estimate of drug-likeness (QED) is 0.449. The minimum Gasteiger partial charge on any atom is -0.417 e. The standard InChI is InChI=1S/C24H21F2N3O4/c25-24(26)33-20-10-13(5-7-27-20)9-14-11-18-21(16-4-2-1-3-15(14)16)28-22(29-23(18)31)17-6-8-32-12-19(17)30/h1-5,7,10-11,17,19,24,30H,6,8-9,12H2,(H,28,29,31)/t17-,19+/m1/s1. The van der Waals surface area contributed by atoms with Crippen LogP contribution in [-0.4, -0.2) is 46.0 Å². The van der Waals surface area contributed by atoms with Crippen molar-refractivity contribution in [2.24, 2.45) is 0 Å². The fourth-order valence-corrected chi connectivity index (χ4v) is 4.36. The number of rotatable bonds is 5. The van der Waals surface area contributed by atoms with Gasteiger partial charge in [0, 0.05) is 30.2 Å².